The zero-order chi connectivity index (χ0) is 16.3. The zero-order valence-corrected chi connectivity index (χ0v) is 12.7. The van der Waals surface area contributed by atoms with Gasteiger partial charge in [0.1, 0.15) is 0 Å². The second-order valence-corrected chi connectivity index (χ2v) is 6.66. The number of nitro benzene ring substituents is 1. The molecule has 0 saturated heterocycles. The molecule has 0 aromatic heterocycles. The largest absolute Gasteiger partial charge is 0.383 e. The molecule has 1 aromatic rings. The van der Waals surface area contributed by atoms with Crippen LogP contribution in [0.4, 0.5) is 11.4 Å². The van der Waals surface area contributed by atoms with Crippen LogP contribution in [0, 0.1) is 10.1 Å². The van der Waals surface area contributed by atoms with Gasteiger partial charge in [0.05, 0.1) is 22.8 Å². The van der Waals surface area contributed by atoms with E-state index in [1.807, 2.05) is 0 Å². The van der Waals surface area contributed by atoms with Gasteiger partial charge < -0.3 is 10.2 Å². The molecule has 21 heavy (non-hydrogen) atoms. The molecule has 0 heterocycles. The lowest BCUT2D eigenvalue weighted by Crippen LogP contribution is -2.46. The topological polar surface area (TPSA) is 137 Å². The van der Waals surface area contributed by atoms with E-state index in [4.69, 9.17) is 10.6 Å². The van der Waals surface area contributed by atoms with Crippen molar-refractivity contribution in [2.24, 2.45) is 5.84 Å². The lowest BCUT2D eigenvalue weighted by atomic mass is 10.1. The van der Waals surface area contributed by atoms with Gasteiger partial charge in [-0.3, -0.25) is 16.0 Å². The molecular formula is C11H18N4O5S. The molecule has 9 nitrogen and oxygen atoms in total. The molecule has 0 unspecified atom stereocenters. The molecule has 0 aliphatic rings. The summed E-state index contributed by atoms with van der Waals surface area (Å²) in [6.45, 7) is 3.33. The van der Waals surface area contributed by atoms with Gasteiger partial charge in [0.15, 0.2) is 4.90 Å². The van der Waals surface area contributed by atoms with Crippen molar-refractivity contribution in [1.29, 1.82) is 0 Å². The zero-order valence-electron chi connectivity index (χ0n) is 11.9. The maximum atomic E-state index is 12.3. The number of rotatable bonds is 7. The molecule has 0 atom stereocenters. The highest BCUT2D eigenvalue weighted by molar-refractivity contribution is 7.89. The lowest BCUT2D eigenvalue weighted by molar-refractivity contribution is -0.387. The fraction of sp³-hybridized carbons (Fsp3) is 0.455. The number of nitrogens with zero attached hydrogens (tertiary/aromatic N) is 1. The first-order valence-corrected chi connectivity index (χ1v) is 7.39. The van der Waals surface area contributed by atoms with Crippen LogP contribution in [0.2, 0.25) is 0 Å². The molecule has 10 heteroatoms. The second-order valence-electron chi connectivity index (χ2n) is 5.01. The number of ether oxygens (including phenoxy) is 1. The van der Waals surface area contributed by atoms with Crippen LogP contribution in [-0.2, 0) is 14.8 Å². The molecule has 0 amide bonds. The second kappa shape index (κ2) is 6.35. The van der Waals surface area contributed by atoms with E-state index in [0.717, 1.165) is 12.1 Å². The van der Waals surface area contributed by atoms with Crippen molar-refractivity contribution in [2.75, 3.05) is 19.1 Å². The molecule has 1 aromatic carbocycles. The van der Waals surface area contributed by atoms with Crippen LogP contribution < -0.4 is 16.0 Å². The third-order valence-electron chi connectivity index (χ3n) is 2.53. The predicted octanol–water partition coefficient (Wildman–Crippen LogP) is 0.584. The molecule has 0 fully saturated rings. The number of benzene rings is 1. The molecule has 4 N–H and O–H groups in total. The SMILES string of the molecule is COCC(C)(C)NS(=O)(=O)c1ccc(NN)cc1[N+](=O)[O-]. The fourth-order valence-corrected chi connectivity index (χ4v) is 3.34. The van der Waals surface area contributed by atoms with Gasteiger partial charge in [-0.2, -0.15) is 0 Å². The minimum absolute atomic E-state index is 0.114. The van der Waals surface area contributed by atoms with Gasteiger partial charge in [-0.05, 0) is 26.0 Å². The molecule has 0 saturated carbocycles. The normalized spacial score (nSPS) is 12.2. The van der Waals surface area contributed by atoms with E-state index in [9.17, 15) is 18.5 Å². The summed E-state index contributed by atoms with van der Waals surface area (Å²) in [6.07, 6.45) is 0. The van der Waals surface area contributed by atoms with Gasteiger partial charge in [0, 0.05) is 13.2 Å². The summed E-state index contributed by atoms with van der Waals surface area (Å²) in [5.74, 6) is 5.17. The monoisotopic (exact) mass is 318 g/mol. The molecule has 0 spiro atoms. The first kappa shape index (κ1) is 17.3. The van der Waals surface area contributed by atoms with Gasteiger partial charge in [-0.1, -0.05) is 0 Å². The van der Waals surface area contributed by atoms with Crippen molar-refractivity contribution in [1.82, 2.24) is 4.72 Å². The fourth-order valence-electron chi connectivity index (χ4n) is 1.79. The molecule has 1 rings (SSSR count). The molecule has 0 bridgehead atoms. The van der Waals surface area contributed by atoms with Crippen molar-refractivity contribution in [3.8, 4) is 0 Å². The maximum Gasteiger partial charge on any atom is 0.291 e. The number of nitrogens with two attached hydrogens (primary N) is 1. The first-order valence-electron chi connectivity index (χ1n) is 5.91. The number of methoxy groups -OCH3 is 1. The van der Waals surface area contributed by atoms with Crippen LogP contribution in [0.25, 0.3) is 0 Å². The predicted molar refractivity (Wildman–Crippen MR) is 77.2 cm³/mol. The van der Waals surface area contributed by atoms with E-state index >= 15 is 0 Å². The smallest absolute Gasteiger partial charge is 0.291 e. The van der Waals surface area contributed by atoms with Crippen LogP contribution in [0.15, 0.2) is 23.1 Å². The lowest BCUT2D eigenvalue weighted by Gasteiger charge is -2.24. The van der Waals surface area contributed by atoms with Crippen LogP contribution in [-0.4, -0.2) is 32.6 Å². The van der Waals surface area contributed by atoms with Crippen molar-refractivity contribution < 1.29 is 18.1 Å². The van der Waals surface area contributed by atoms with Crippen LogP contribution in [0.3, 0.4) is 0 Å². The molecular weight excluding hydrogens is 300 g/mol. The Bertz CT molecular complexity index is 630. The number of nitrogen functional groups attached to an aromatic ring is 1. The highest BCUT2D eigenvalue weighted by Gasteiger charge is 2.31. The molecule has 0 aliphatic heterocycles. The van der Waals surface area contributed by atoms with Gasteiger partial charge >= 0.3 is 0 Å². The minimum atomic E-state index is -4.08. The van der Waals surface area contributed by atoms with Crippen molar-refractivity contribution >= 4 is 21.4 Å². The Balaban J connectivity index is 3.28. The number of hydrazine groups is 1. The van der Waals surface area contributed by atoms with E-state index in [0.29, 0.717) is 0 Å². The summed E-state index contributed by atoms with van der Waals surface area (Å²) < 4.78 is 31.9. The van der Waals surface area contributed by atoms with Crippen molar-refractivity contribution in [3.05, 3.63) is 28.3 Å². The van der Waals surface area contributed by atoms with Crippen LogP contribution in [0.5, 0.6) is 0 Å². The van der Waals surface area contributed by atoms with E-state index in [1.165, 1.54) is 13.2 Å². The number of nitro groups is 1. The number of anilines is 1. The average molecular weight is 318 g/mol. The van der Waals surface area contributed by atoms with E-state index in [2.05, 4.69) is 10.1 Å². The summed E-state index contributed by atoms with van der Waals surface area (Å²) in [4.78, 5) is 9.83. The summed E-state index contributed by atoms with van der Waals surface area (Å²) in [5.41, 5.74) is 0.989. The Morgan fingerprint density at radius 2 is 2.05 bits per heavy atom. The highest BCUT2D eigenvalue weighted by atomic mass is 32.2. The minimum Gasteiger partial charge on any atom is -0.383 e. The third kappa shape index (κ3) is 4.36. The van der Waals surface area contributed by atoms with Crippen LogP contribution in [0.1, 0.15) is 13.8 Å². The van der Waals surface area contributed by atoms with E-state index in [-0.39, 0.29) is 12.3 Å². The first-order chi connectivity index (χ1) is 9.63. The number of nitrogens with one attached hydrogen (secondary N) is 2. The van der Waals surface area contributed by atoms with Crippen LogP contribution >= 0.6 is 0 Å². The maximum absolute atomic E-state index is 12.3. The summed E-state index contributed by atoms with van der Waals surface area (Å²) in [5, 5.41) is 11.0. The summed E-state index contributed by atoms with van der Waals surface area (Å²) in [6, 6.07) is 3.52. The Kier molecular flexibility index (Phi) is 5.23. The number of hydrogen-bond donors (Lipinski definition) is 3. The summed E-state index contributed by atoms with van der Waals surface area (Å²) in [7, 11) is -2.65. The quantitative estimate of drug-likeness (QED) is 0.380. The molecule has 118 valence electrons. The average Bonchev–Trinajstić information content (AvgIpc) is 2.36. The highest BCUT2D eigenvalue weighted by Crippen LogP contribution is 2.27. The van der Waals surface area contributed by atoms with Gasteiger partial charge in [0.2, 0.25) is 10.0 Å². The van der Waals surface area contributed by atoms with Crippen molar-refractivity contribution in [3.63, 3.8) is 0 Å². The van der Waals surface area contributed by atoms with Gasteiger partial charge in [-0.25, -0.2) is 13.1 Å². The molecule has 0 aliphatic carbocycles. The Hall–Kier alpha value is -1.75. The Labute approximate surface area is 122 Å². The van der Waals surface area contributed by atoms with Gasteiger partial charge in [0.25, 0.3) is 5.69 Å². The van der Waals surface area contributed by atoms with Gasteiger partial charge in [-0.15, -0.1) is 0 Å². The number of hydrogen-bond acceptors (Lipinski definition) is 7. The molecule has 0 radical (unpaired) electrons. The van der Waals surface area contributed by atoms with Crippen molar-refractivity contribution in [2.45, 2.75) is 24.3 Å². The number of sulfonamides is 1. The standard InChI is InChI=1S/C11H18N4O5S/c1-11(2,7-20-3)14-21(18,19)10-5-4-8(13-12)6-9(10)15(16)17/h4-6,13-14H,7,12H2,1-3H3. The third-order valence-corrected chi connectivity index (χ3v) is 4.27. The Morgan fingerprint density at radius 1 is 1.43 bits per heavy atom. The van der Waals surface area contributed by atoms with E-state index < -0.39 is 31.1 Å². The van der Waals surface area contributed by atoms with E-state index in [1.54, 1.807) is 13.8 Å². The Morgan fingerprint density at radius 3 is 2.52 bits per heavy atom. The summed E-state index contributed by atoms with van der Waals surface area (Å²) >= 11 is 0.